The maximum Gasteiger partial charge on any atom is 0.0386 e. The first-order valence-corrected chi connectivity index (χ1v) is 9.61. The molecule has 2 heterocycles. The van der Waals surface area contributed by atoms with Gasteiger partial charge in [0.25, 0.3) is 0 Å². The quantitative estimate of drug-likeness (QED) is 0.854. The lowest BCUT2D eigenvalue weighted by atomic mass is 9.99. The molecule has 0 radical (unpaired) electrons. The van der Waals surface area contributed by atoms with Gasteiger partial charge in [0.1, 0.15) is 0 Å². The Morgan fingerprint density at radius 2 is 1.90 bits per heavy atom. The van der Waals surface area contributed by atoms with Crippen molar-refractivity contribution in [2.75, 3.05) is 26.2 Å². The van der Waals surface area contributed by atoms with Crippen LogP contribution in [0.15, 0.2) is 6.07 Å². The summed E-state index contributed by atoms with van der Waals surface area (Å²) in [6.45, 7) is 9.76. The maximum absolute atomic E-state index is 3.77. The van der Waals surface area contributed by atoms with E-state index in [9.17, 15) is 0 Å². The number of nitrogens with zero attached hydrogens (tertiary/aromatic N) is 1. The van der Waals surface area contributed by atoms with Gasteiger partial charge in [-0.1, -0.05) is 6.92 Å². The Morgan fingerprint density at radius 3 is 2.67 bits per heavy atom. The number of rotatable bonds is 6. The number of fused-ring (bicyclic) bond motifs is 1. The predicted octanol–water partition coefficient (Wildman–Crippen LogP) is 4.01. The number of likely N-dealkylation sites (tertiary alicyclic amines) is 1. The molecule has 1 fully saturated rings. The molecule has 0 saturated carbocycles. The van der Waals surface area contributed by atoms with Gasteiger partial charge >= 0.3 is 0 Å². The molecule has 118 valence electrons. The monoisotopic (exact) mass is 306 g/mol. The molecule has 1 saturated heterocycles. The van der Waals surface area contributed by atoms with Crippen molar-refractivity contribution in [1.29, 1.82) is 0 Å². The first kappa shape index (κ1) is 15.5. The normalized spacial score (nSPS) is 22.2. The van der Waals surface area contributed by atoms with Gasteiger partial charge in [-0.25, -0.2) is 0 Å². The molecule has 2 aliphatic rings. The zero-order chi connectivity index (χ0) is 14.7. The molecule has 1 N–H and O–H groups in total. The van der Waals surface area contributed by atoms with Crippen LogP contribution in [0, 0.1) is 5.92 Å². The second kappa shape index (κ2) is 7.26. The van der Waals surface area contributed by atoms with E-state index in [0.717, 1.165) is 12.5 Å². The van der Waals surface area contributed by atoms with E-state index in [2.05, 4.69) is 41.5 Å². The topological polar surface area (TPSA) is 15.3 Å². The van der Waals surface area contributed by atoms with Gasteiger partial charge in [-0.15, -0.1) is 11.3 Å². The third-order valence-electron chi connectivity index (χ3n) is 4.98. The van der Waals surface area contributed by atoms with Crippen LogP contribution in [0.5, 0.6) is 0 Å². The molecular weight excluding hydrogens is 276 g/mol. The van der Waals surface area contributed by atoms with Gasteiger partial charge in [0.15, 0.2) is 0 Å². The average Bonchev–Trinajstić information content (AvgIpc) is 3.13. The summed E-state index contributed by atoms with van der Waals surface area (Å²) in [6.07, 6.45) is 8.20. The molecule has 3 heteroatoms. The van der Waals surface area contributed by atoms with Crippen molar-refractivity contribution < 1.29 is 0 Å². The summed E-state index contributed by atoms with van der Waals surface area (Å²) in [5, 5.41) is 3.77. The fourth-order valence-electron chi connectivity index (χ4n) is 3.68. The molecule has 2 unspecified atom stereocenters. The molecule has 3 rings (SSSR count). The van der Waals surface area contributed by atoms with E-state index in [1.165, 1.54) is 58.2 Å². The lowest BCUT2D eigenvalue weighted by Gasteiger charge is -2.22. The Hall–Kier alpha value is -0.380. The fourth-order valence-corrected chi connectivity index (χ4v) is 4.96. The van der Waals surface area contributed by atoms with Crippen molar-refractivity contribution in [2.45, 2.75) is 58.4 Å². The molecule has 2 nitrogen and oxygen atoms in total. The van der Waals surface area contributed by atoms with E-state index < -0.39 is 0 Å². The van der Waals surface area contributed by atoms with Gasteiger partial charge < -0.3 is 10.2 Å². The molecular formula is C18H30N2S. The molecule has 1 aliphatic carbocycles. The number of thiophene rings is 1. The average molecular weight is 307 g/mol. The van der Waals surface area contributed by atoms with Crippen LogP contribution in [0.25, 0.3) is 0 Å². The Labute approximate surface area is 133 Å². The van der Waals surface area contributed by atoms with E-state index in [1.54, 1.807) is 15.3 Å². The second-order valence-corrected chi connectivity index (χ2v) is 8.22. The van der Waals surface area contributed by atoms with Crippen LogP contribution in [0.4, 0.5) is 0 Å². The second-order valence-electron chi connectivity index (χ2n) is 7.05. The SMILES string of the molecule is CC(CNC(C)c1cc2c(s1)CCCC2)CN1CCCC1. The number of hydrogen-bond donors (Lipinski definition) is 1. The van der Waals surface area contributed by atoms with Gasteiger partial charge in [0.2, 0.25) is 0 Å². The highest BCUT2D eigenvalue weighted by Crippen LogP contribution is 2.32. The molecule has 0 bridgehead atoms. The van der Waals surface area contributed by atoms with Gasteiger partial charge in [-0.2, -0.15) is 0 Å². The van der Waals surface area contributed by atoms with Crippen molar-refractivity contribution in [3.63, 3.8) is 0 Å². The van der Waals surface area contributed by atoms with Crippen molar-refractivity contribution in [2.24, 2.45) is 5.92 Å². The van der Waals surface area contributed by atoms with Gasteiger partial charge in [0, 0.05) is 22.3 Å². The predicted molar refractivity (Wildman–Crippen MR) is 92.2 cm³/mol. The zero-order valence-corrected chi connectivity index (χ0v) is 14.5. The Morgan fingerprint density at radius 1 is 1.14 bits per heavy atom. The largest absolute Gasteiger partial charge is 0.309 e. The van der Waals surface area contributed by atoms with Gasteiger partial charge in [-0.05, 0) is 82.6 Å². The van der Waals surface area contributed by atoms with Crippen LogP contribution in [0.2, 0.25) is 0 Å². The molecule has 1 aliphatic heterocycles. The molecule has 1 aromatic heterocycles. The maximum atomic E-state index is 3.77. The summed E-state index contributed by atoms with van der Waals surface area (Å²) in [5.41, 5.74) is 1.64. The number of hydrogen-bond acceptors (Lipinski definition) is 3. The molecule has 2 atom stereocenters. The van der Waals surface area contributed by atoms with Crippen molar-refractivity contribution >= 4 is 11.3 Å². The van der Waals surface area contributed by atoms with Crippen molar-refractivity contribution in [1.82, 2.24) is 10.2 Å². The first-order chi connectivity index (χ1) is 10.2. The molecule has 0 spiro atoms. The minimum Gasteiger partial charge on any atom is -0.309 e. The van der Waals surface area contributed by atoms with Crippen LogP contribution < -0.4 is 5.32 Å². The number of aryl methyl sites for hydroxylation is 2. The smallest absolute Gasteiger partial charge is 0.0386 e. The zero-order valence-electron chi connectivity index (χ0n) is 13.7. The van der Waals surface area contributed by atoms with Crippen LogP contribution in [0.3, 0.4) is 0 Å². The fraction of sp³-hybridized carbons (Fsp3) is 0.778. The van der Waals surface area contributed by atoms with Crippen LogP contribution in [-0.4, -0.2) is 31.1 Å². The molecule has 0 amide bonds. The Balaban J connectivity index is 1.46. The summed E-state index contributed by atoms with van der Waals surface area (Å²) >= 11 is 2.06. The molecule has 1 aromatic rings. The first-order valence-electron chi connectivity index (χ1n) is 8.79. The van der Waals surface area contributed by atoms with Crippen LogP contribution >= 0.6 is 11.3 Å². The Bertz CT molecular complexity index is 425. The molecule has 0 aromatic carbocycles. The summed E-state index contributed by atoms with van der Waals surface area (Å²) in [6, 6.07) is 2.99. The van der Waals surface area contributed by atoms with Gasteiger partial charge in [-0.3, -0.25) is 0 Å². The summed E-state index contributed by atoms with van der Waals surface area (Å²) in [5.74, 6) is 0.750. The van der Waals surface area contributed by atoms with Crippen LogP contribution in [0.1, 0.15) is 60.9 Å². The highest BCUT2D eigenvalue weighted by Gasteiger charge is 2.18. The van der Waals surface area contributed by atoms with Crippen molar-refractivity contribution in [3.05, 3.63) is 21.4 Å². The number of nitrogens with one attached hydrogen (secondary N) is 1. The minimum atomic E-state index is 0.515. The van der Waals surface area contributed by atoms with E-state index >= 15 is 0 Å². The standard InChI is InChI=1S/C18H30N2S/c1-14(13-20-9-5-6-10-20)12-19-15(2)18-11-16-7-3-4-8-17(16)21-18/h11,14-15,19H,3-10,12-13H2,1-2H3. The van der Waals surface area contributed by atoms with Crippen molar-refractivity contribution in [3.8, 4) is 0 Å². The Kier molecular flexibility index (Phi) is 5.36. The highest BCUT2D eigenvalue weighted by atomic mass is 32.1. The summed E-state index contributed by atoms with van der Waals surface area (Å²) in [7, 11) is 0. The van der Waals surface area contributed by atoms with E-state index in [4.69, 9.17) is 0 Å². The summed E-state index contributed by atoms with van der Waals surface area (Å²) in [4.78, 5) is 5.84. The van der Waals surface area contributed by atoms with Gasteiger partial charge in [0.05, 0.1) is 0 Å². The molecule has 21 heavy (non-hydrogen) atoms. The summed E-state index contributed by atoms with van der Waals surface area (Å²) < 4.78 is 0. The third-order valence-corrected chi connectivity index (χ3v) is 6.40. The van der Waals surface area contributed by atoms with E-state index in [0.29, 0.717) is 6.04 Å². The highest BCUT2D eigenvalue weighted by molar-refractivity contribution is 7.12. The lowest BCUT2D eigenvalue weighted by molar-refractivity contribution is 0.279. The van der Waals surface area contributed by atoms with E-state index in [-0.39, 0.29) is 0 Å². The minimum absolute atomic E-state index is 0.515. The lowest BCUT2D eigenvalue weighted by Crippen LogP contribution is -2.32. The third kappa shape index (κ3) is 4.08. The van der Waals surface area contributed by atoms with E-state index in [1.807, 2.05) is 0 Å². The van der Waals surface area contributed by atoms with Crippen LogP contribution in [-0.2, 0) is 12.8 Å².